The summed E-state index contributed by atoms with van der Waals surface area (Å²) in [6, 6.07) is 9.51. The van der Waals surface area contributed by atoms with Gasteiger partial charge in [0.25, 0.3) is 5.91 Å². The van der Waals surface area contributed by atoms with Crippen LogP contribution in [-0.2, 0) is 4.79 Å². The van der Waals surface area contributed by atoms with Crippen LogP contribution >= 0.6 is 11.6 Å². The minimum atomic E-state index is -0.178. The minimum Gasteiger partial charge on any atom is -0.354 e. The van der Waals surface area contributed by atoms with Crippen molar-refractivity contribution in [2.24, 2.45) is 0 Å². The topological polar surface area (TPSA) is 63.1 Å². The van der Waals surface area contributed by atoms with Gasteiger partial charge in [0.05, 0.1) is 5.56 Å². The first-order chi connectivity index (χ1) is 12.3. The standard InChI is InChI=1S/C20H26ClN3O2/c1-5-13(2)23-19(25)9-10-22-20(26)18-11-14(3)24(15(18)4)17-8-6-7-16(21)12-17/h6-8,11-13H,5,9-10H2,1-4H3,(H,22,26)(H,23,25). The summed E-state index contributed by atoms with van der Waals surface area (Å²) >= 11 is 6.08. The monoisotopic (exact) mass is 375 g/mol. The lowest BCUT2D eigenvalue weighted by atomic mass is 10.2. The number of carbonyl (C=O) groups is 2. The van der Waals surface area contributed by atoms with Gasteiger partial charge in [0.15, 0.2) is 0 Å². The first-order valence-corrected chi connectivity index (χ1v) is 9.23. The molecule has 1 aromatic heterocycles. The van der Waals surface area contributed by atoms with Crippen LogP contribution in [0.3, 0.4) is 0 Å². The third-order valence-electron chi connectivity index (χ3n) is 4.40. The van der Waals surface area contributed by atoms with Gasteiger partial charge >= 0.3 is 0 Å². The number of hydrogen-bond acceptors (Lipinski definition) is 2. The molecule has 2 amide bonds. The molecule has 0 radical (unpaired) electrons. The van der Waals surface area contributed by atoms with Crippen molar-refractivity contribution in [3.63, 3.8) is 0 Å². The number of aryl methyl sites for hydroxylation is 1. The number of nitrogens with zero attached hydrogens (tertiary/aromatic N) is 1. The van der Waals surface area contributed by atoms with Crippen LogP contribution in [0, 0.1) is 13.8 Å². The lowest BCUT2D eigenvalue weighted by molar-refractivity contribution is -0.121. The number of amides is 2. The SMILES string of the molecule is CCC(C)NC(=O)CCNC(=O)c1cc(C)n(-c2cccc(Cl)c2)c1C. The molecule has 0 fully saturated rings. The maximum atomic E-state index is 12.5. The molecule has 1 unspecified atom stereocenters. The Morgan fingerprint density at radius 2 is 1.96 bits per heavy atom. The third kappa shape index (κ3) is 4.88. The number of halogens is 1. The van der Waals surface area contributed by atoms with E-state index in [4.69, 9.17) is 11.6 Å². The van der Waals surface area contributed by atoms with E-state index in [0.29, 0.717) is 17.1 Å². The van der Waals surface area contributed by atoms with E-state index in [0.717, 1.165) is 23.5 Å². The van der Waals surface area contributed by atoms with Gasteiger partial charge in [-0.1, -0.05) is 24.6 Å². The molecule has 0 aliphatic rings. The first-order valence-electron chi connectivity index (χ1n) is 8.86. The largest absolute Gasteiger partial charge is 0.354 e. The van der Waals surface area contributed by atoms with Crippen LogP contribution in [0.2, 0.25) is 5.02 Å². The van der Waals surface area contributed by atoms with Crippen LogP contribution in [0.15, 0.2) is 30.3 Å². The van der Waals surface area contributed by atoms with Crippen LogP contribution in [0.4, 0.5) is 0 Å². The highest BCUT2D eigenvalue weighted by molar-refractivity contribution is 6.30. The number of hydrogen-bond donors (Lipinski definition) is 2. The molecule has 26 heavy (non-hydrogen) atoms. The summed E-state index contributed by atoms with van der Waals surface area (Å²) < 4.78 is 2.00. The van der Waals surface area contributed by atoms with Gasteiger partial charge in [-0.15, -0.1) is 0 Å². The van der Waals surface area contributed by atoms with E-state index in [1.165, 1.54) is 0 Å². The zero-order valence-electron chi connectivity index (χ0n) is 15.7. The van der Waals surface area contributed by atoms with Gasteiger partial charge in [-0.05, 0) is 51.5 Å². The quantitative estimate of drug-likeness (QED) is 0.773. The molecule has 1 heterocycles. The summed E-state index contributed by atoms with van der Waals surface area (Å²) in [6.45, 7) is 8.13. The van der Waals surface area contributed by atoms with Gasteiger partial charge in [-0.2, -0.15) is 0 Å². The maximum Gasteiger partial charge on any atom is 0.253 e. The van der Waals surface area contributed by atoms with Gasteiger partial charge in [0.1, 0.15) is 0 Å². The van der Waals surface area contributed by atoms with Crippen LogP contribution in [0.1, 0.15) is 48.4 Å². The highest BCUT2D eigenvalue weighted by atomic mass is 35.5. The zero-order valence-corrected chi connectivity index (χ0v) is 16.5. The van der Waals surface area contributed by atoms with E-state index in [2.05, 4.69) is 10.6 Å². The van der Waals surface area contributed by atoms with Crippen molar-refractivity contribution in [2.45, 2.75) is 46.6 Å². The number of benzene rings is 1. The zero-order chi connectivity index (χ0) is 19.3. The first kappa shape index (κ1) is 20.0. The van der Waals surface area contributed by atoms with Crippen LogP contribution in [0.25, 0.3) is 5.69 Å². The van der Waals surface area contributed by atoms with E-state index in [9.17, 15) is 9.59 Å². The second-order valence-electron chi connectivity index (χ2n) is 6.48. The highest BCUT2D eigenvalue weighted by Gasteiger charge is 2.17. The van der Waals surface area contributed by atoms with Crippen molar-refractivity contribution >= 4 is 23.4 Å². The Morgan fingerprint density at radius 1 is 1.23 bits per heavy atom. The summed E-state index contributed by atoms with van der Waals surface area (Å²) in [6.07, 6.45) is 1.15. The van der Waals surface area contributed by atoms with Crippen LogP contribution < -0.4 is 10.6 Å². The van der Waals surface area contributed by atoms with Crippen LogP contribution in [0.5, 0.6) is 0 Å². The smallest absolute Gasteiger partial charge is 0.253 e. The van der Waals surface area contributed by atoms with Gasteiger partial charge in [0.2, 0.25) is 5.91 Å². The van der Waals surface area contributed by atoms with Gasteiger partial charge in [-0.25, -0.2) is 0 Å². The molecule has 0 saturated carbocycles. The molecule has 0 bridgehead atoms. The minimum absolute atomic E-state index is 0.0518. The van der Waals surface area contributed by atoms with E-state index in [-0.39, 0.29) is 24.3 Å². The summed E-state index contributed by atoms with van der Waals surface area (Å²) in [5, 5.41) is 6.36. The molecule has 2 aromatic rings. The number of nitrogens with one attached hydrogen (secondary N) is 2. The summed E-state index contributed by atoms with van der Waals surface area (Å²) in [7, 11) is 0. The molecule has 5 nitrogen and oxygen atoms in total. The molecule has 0 spiro atoms. The summed E-state index contributed by atoms with van der Waals surface area (Å²) in [5.74, 6) is -0.230. The Balaban J connectivity index is 2.04. The second-order valence-corrected chi connectivity index (χ2v) is 6.92. The Hall–Kier alpha value is -2.27. The van der Waals surface area contributed by atoms with E-state index in [1.807, 2.05) is 62.6 Å². The molecule has 6 heteroatoms. The number of rotatable bonds is 7. The number of carbonyl (C=O) groups excluding carboxylic acids is 2. The normalized spacial score (nSPS) is 11.9. The molecular weight excluding hydrogens is 350 g/mol. The van der Waals surface area contributed by atoms with E-state index >= 15 is 0 Å². The molecule has 2 N–H and O–H groups in total. The predicted molar refractivity (Wildman–Crippen MR) is 105 cm³/mol. The Bertz CT molecular complexity index is 798. The average Bonchev–Trinajstić information content (AvgIpc) is 2.89. The summed E-state index contributed by atoms with van der Waals surface area (Å²) in [4.78, 5) is 24.3. The molecule has 0 aliphatic carbocycles. The third-order valence-corrected chi connectivity index (χ3v) is 4.63. The average molecular weight is 376 g/mol. The summed E-state index contributed by atoms with van der Waals surface area (Å²) in [5.41, 5.74) is 3.31. The van der Waals surface area contributed by atoms with Gasteiger partial charge < -0.3 is 15.2 Å². The fourth-order valence-corrected chi connectivity index (χ4v) is 3.02. The molecular formula is C20H26ClN3O2. The van der Waals surface area contributed by atoms with Gasteiger partial charge in [-0.3, -0.25) is 9.59 Å². The van der Waals surface area contributed by atoms with Crippen molar-refractivity contribution in [2.75, 3.05) is 6.54 Å². The van der Waals surface area contributed by atoms with Crippen molar-refractivity contribution in [1.29, 1.82) is 0 Å². The lowest BCUT2D eigenvalue weighted by Crippen LogP contribution is -2.35. The van der Waals surface area contributed by atoms with Crippen molar-refractivity contribution in [1.82, 2.24) is 15.2 Å². The molecule has 0 aliphatic heterocycles. The predicted octanol–water partition coefficient (Wildman–Crippen LogP) is 3.78. The molecule has 1 aromatic carbocycles. The molecule has 140 valence electrons. The lowest BCUT2D eigenvalue weighted by Gasteiger charge is -2.12. The Morgan fingerprint density at radius 3 is 2.62 bits per heavy atom. The fourth-order valence-electron chi connectivity index (χ4n) is 2.84. The van der Waals surface area contributed by atoms with E-state index in [1.54, 1.807) is 0 Å². The molecule has 2 rings (SSSR count). The van der Waals surface area contributed by atoms with E-state index < -0.39 is 0 Å². The van der Waals surface area contributed by atoms with Crippen LogP contribution in [-0.4, -0.2) is 29.0 Å². The fraction of sp³-hybridized carbons (Fsp3) is 0.400. The second kappa shape index (κ2) is 8.90. The maximum absolute atomic E-state index is 12.5. The Kier molecular flexibility index (Phi) is 6.86. The Labute approximate surface area is 159 Å². The van der Waals surface area contributed by atoms with Crippen molar-refractivity contribution < 1.29 is 9.59 Å². The number of aromatic nitrogens is 1. The highest BCUT2D eigenvalue weighted by Crippen LogP contribution is 2.22. The van der Waals surface area contributed by atoms with Crippen molar-refractivity contribution in [3.8, 4) is 5.69 Å². The molecule has 1 atom stereocenters. The van der Waals surface area contributed by atoms with Gasteiger partial charge in [0, 0.05) is 41.1 Å². The van der Waals surface area contributed by atoms with Crippen molar-refractivity contribution in [3.05, 3.63) is 52.3 Å². The molecule has 0 saturated heterocycles.